The highest BCUT2D eigenvalue weighted by molar-refractivity contribution is 7.80. The maximum Gasteiger partial charge on any atom is 0.255 e. The van der Waals surface area contributed by atoms with E-state index in [1.807, 2.05) is 0 Å². The average Bonchev–Trinajstić information content (AvgIpc) is 2.82. The van der Waals surface area contributed by atoms with Gasteiger partial charge in [-0.25, -0.2) is 4.39 Å². The average molecular weight is 301 g/mol. The Bertz CT molecular complexity index is 529. The summed E-state index contributed by atoms with van der Waals surface area (Å²) in [5.74, 6) is -1.26. The zero-order chi connectivity index (χ0) is 14.0. The first-order valence-electron chi connectivity index (χ1n) is 6.03. The number of benzene rings is 1. The summed E-state index contributed by atoms with van der Waals surface area (Å²) in [5.41, 5.74) is 4.94. The van der Waals surface area contributed by atoms with Crippen LogP contribution in [0.5, 0.6) is 0 Å². The lowest BCUT2D eigenvalue weighted by molar-refractivity contribution is 0.0920. The molecule has 0 unspecified atom stereocenters. The SMILES string of the molecule is NC(=S)C1(NC(=O)c2cccc(Cl)c2F)CCCC1. The molecule has 0 bridgehead atoms. The maximum atomic E-state index is 13.8. The second kappa shape index (κ2) is 5.43. The largest absolute Gasteiger partial charge is 0.391 e. The molecule has 0 aromatic heterocycles. The van der Waals surface area contributed by atoms with Crippen molar-refractivity contribution in [2.24, 2.45) is 5.73 Å². The Balaban J connectivity index is 2.25. The smallest absolute Gasteiger partial charge is 0.255 e. The first kappa shape index (κ1) is 14.2. The molecule has 0 heterocycles. The molecule has 0 radical (unpaired) electrons. The van der Waals surface area contributed by atoms with Crippen LogP contribution in [0.3, 0.4) is 0 Å². The predicted molar refractivity (Wildman–Crippen MR) is 76.9 cm³/mol. The van der Waals surface area contributed by atoms with Crippen LogP contribution in [-0.4, -0.2) is 16.4 Å². The van der Waals surface area contributed by atoms with Crippen LogP contribution in [0.2, 0.25) is 5.02 Å². The summed E-state index contributed by atoms with van der Waals surface area (Å²) in [5, 5.41) is 2.69. The molecule has 19 heavy (non-hydrogen) atoms. The van der Waals surface area contributed by atoms with E-state index in [1.54, 1.807) is 0 Å². The molecule has 0 aliphatic heterocycles. The summed E-state index contributed by atoms with van der Waals surface area (Å²) in [6, 6.07) is 4.31. The Labute approximate surface area is 121 Å². The number of carbonyl (C=O) groups is 1. The van der Waals surface area contributed by atoms with Crippen molar-refractivity contribution in [3.05, 3.63) is 34.6 Å². The molecule has 0 saturated heterocycles. The molecule has 1 amide bonds. The van der Waals surface area contributed by atoms with Crippen LogP contribution in [0.1, 0.15) is 36.0 Å². The molecule has 2 rings (SSSR count). The number of rotatable bonds is 3. The van der Waals surface area contributed by atoms with Gasteiger partial charge in [0, 0.05) is 0 Å². The number of carbonyl (C=O) groups excluding carboxylic acids is 1. The van der Waals surface area contributed by atoms with Crippen molar-refractivity contribution in [3.8, 4) is 0 Å². The second-order valence-corrected chi connectivity index (χ2v) is 5.56. The van der Waals surface area contributed by atoms with Gasteiger partial charge in [0.1, 0.15) is 0 Å². The maximum absolute atomic E-state index is 13.8. The zero-order valence-electron chi connectivity index (χ0n) is 10.2. The van der Waals surface area contributed by atoms with E-state index >= 15 is 0 Å². The van der Waals surface area contributed by atoms with Crippen molar-refractivity contribution >= 4 is 34.7 Å². The van der Waals surface area contributed by atoms with Crippen molar-refractivity contribution < 1.29 is 9.18 Å². The summed E-state index contributed by atoms with van der Waals surface area (Å²) >= 11 is 10.7. The van der Waals surface area contributed by atoms with Crippen LogP contribution in [0.4, 0.5) is 4.39 Å². The first-order valence-corrected chi connectivity index (χ1v) is 6.81. The number of nitrogens with two attached hydrogens (primary N) is 1. The van der Waals surface area contributed by atoms with Gasteiger partial charge in [-0.3, -0.25) is 4.79 Å². The van der Waals surface area contributed by atoms with E-state index < -0.39 is 17.3 Å². The van der Waals surface area contributed by atoms with Gasteiger partial charge in [0.25, 0.3) is 5.91 Å². The number of amides is 1. The normalized spacial score (nSPS) is 17.2. The van der Waals surface area contributed by atoms with Gasteiger partial charge in [0.05, 0.1) is 21.1 Å². The number of hydrogen-bond acceptors (Lipinski definition) is 2. The standard InChI is InChI=1S/C13H14ClFN2OS/c14-9-5-3-4-8(10(9)15)11(18)17-13(12(16)19)6-1-2-7-13/h3-5H,1-2,6-7H2,(H2,16,19)(H,17,18). The Morgan fingerprint density at radius 3 is 2.63 bits per heavy atom. The lowest BCUT2D eigenvalue weighted by atomic mass is 9.97. The molecule has 3 N–H and O–H groups in total. The van der Waals surface area contributed by atoms with E-state index in [4.69, 9.17) is 29.6 Å². The van der Waals surface area contributed by atoms with Crippen molar-refractivity contribution in [1.82, 2.24) is 5.32 Å². The Kier molecular flexibility index (Phi) is 4.06. The predicted octanol–water partition coefficient (Wildman–Crippen LogP) is 2.81. The van der Waals surface area contributed by atoms with Crippen LogP contribution in [-0.2, 0) is 0 Å². The van der Waals surface area contributed by atoms with Gasteiger partial charge in [-0.2, -0.15) is 0 Å². The molecule has 1 aliphatic rings. The van der Waals surface area contributed by atoms with E-state index in [9.17, 15) is 9.18 Å². The minimum atomic E-state index is -0.724. The third-order valence-corrected chi connectivity index (χ3v) is 4.16. The quantitative estimate of drug-likeness (QED) is 0.844. The highest BCUT2D eigenvalue weighted by Crippen LogP contribution is 2.30. The molecule has 0 spiro atoms. The summed E-state index contributed by atoms with van der Waals surface area (Å²) < 4.78 is 13.8. The van der Waals surface area contributed by atoms with Crippen LogP contribution in [0, 0.1) is 5.82 Å². The van der Waals surface area contributed by atoms with E-state index in [1.165, 1.54) is 18.2 Å². The van der Waals surface area contributed by atoms with Crippen molar-refractivity contribution in [1.29, 1.82) is 0 Å². The lowest BCUT2D eigenvalue weighted by Gasteiger charge is -2.29. The molecule has 102 valence electrons. The van der Waals surface area contributed by atoms with E-state index in [2.05, 4.69) is 5.32 Å². The minimum absolute atomic E-state index is 0.0801. The van der Waals surface area contributed by atoms with Crippen molar-refractivity contribution in [2.75, 3.05) is 0 Å². The highest BCUT2D eigenvalue weighted by atomic mass is 35.5. The molecule has 1 aromatic carbocycles. The van der Waals surface area contributed by atoms with E-state index in [0.717, 1.165) is 12.8 Å². The molecule has 1 aromatic rings. The number of hydrogen-bond donors (Lipinski definition) is 2. The Morgan fingerprint density at radius 1 is 1.42 bits per heavy atom. The Hall–Kier alpha value is -1.20. The summed E-state index contributed by atoms with van der Waals surface area (Å²) in [4.78, 5) is 12.4. The molecular weight excluding hydrogens is 287 g/mol. The fraction of sp³-hybridized carbons (Fsp3) is 0.385. The van der Waals surface area contributed by atoms with E-state index in [-0.39, 0.29) is 15.6 Å². The zero-order valence-corrected chi connectivity index (χ0v) is 11.8. The number of thiocarbonyl (C=S) groups is 1. The highest BCUT2D eigenvalue weighted by Gasteiger charge is 2.38. The van der Waals surface area contributed by atoms with Gasteiger partial charge in [0.15, 0.2) is 5.82 Å². The number of halogens is 2. The molecular formula is C13H14ClFN2OS. The molecule has 1 aliphatic carbocycles. The molecule has 3 nitrogen and oxygen atoms in total. The number of nitrogens with one attached hydrogen (secondary N) is 1. The van der Waals surface area contributed by atoms with Gasteiger partial charge in [-0.05, 0) is 25.0 Å². The fourth-order valence-corrected chi connectivity index (χ4v) is 2.81. The molecule has 6 heteroatoms. The van der Waals surface area contributed by atoms with Crippen molar-refractivity contribution in [3.63, 3.8) is 0 Å². The molecule has 1 fully saturated rings. The summed E-state index contributed by atoms with van der Waals surface area (Å²) in [6.45, 7) is 0. The Morgan fingerprint density at radius 2 is 2.05 bits per heavy atom. The van der Waals surface area contributed by atoms with Gasteiger partial charge in [-0.15, -0.1) is 0 Å². The topological polar surface area (TPSA) is 55.1 Å². The fourth-order valence-electron chi connectivity index (χ4n) is 2.38. The van der Waals surface area contributed by atoms with Crippen LogP contribution >= 0.6 is 23.8 Å². The first-order chi connectivity index (χ1) is 8.96. The van der Waals surface area contributed by atoms with Gasteiger partial charge < -0.3 is 11.1 Å². The minimum Gasteiger partial charge on any atom is -0.391 e. The summed E-state index contributed by atoms with van der Waals surface area (Å²) in [7, 11) is 0. The van der Waals surface area contributed by atoms with E-state index in [0.29, 0.717) is 12.8 Å². The summed E-state index contributed by atoms with van der Waals surface area (Å²) in [6.07, 6.45) is 3.26. The lowest BCUT2D eigenvalue weighted by Crippen LogP contribution is -2.54. The second-order valence-electron chi connectivity index (χ2n) is 4.71. The van der Waals surface area contributed by atoms with Gasteiger partial charge >= 0.3 is 0 Å². The van der Waals surface area contributed by atoms with Gasteiger partial charge in [0.2, 0.25) is 0 Å². The monoisotopic (exact) mass is 300 g/mol. The molecule has 0 atom stereocenters. The third kappa shape index (κ3) is 2.72. The van der Waals surface area contributed by atoms with Crippen molar-refractivity contribution in [2.45, 2.75) is 31.2 Å². The van der Waals surface area contributed by atoms with Crippen LogP contribution in [0.15, 0.2) is 18.2 Å². The third-order valence-electron chi connectivity index (χ3n) is 3.48. The molecule has 1 saturated carbocycles. The van der Waals surface area contributed by atoms with Gasteiger partial charge in [-0.1, -0.05) is 42.7 Å². The van der Waals surface area contributed by atoms with Crippen LogP contribution < -0.4 is 11.1 Å². The van der Waals surface area contributed by atoms with Crippen LogP contribution in [0.25, 0.3) is 0 Å².